The van der Waals surface area contributed by atoms with Gasteiger partial charge in [-0.25, -0.2) is 0 Å². The van der Waals surface area contributed by atoms with E-state index in [1.807, 2.05) is 4.90 Å². The second-order valence-corrected chi connectivity index (χ2v) is 5.91. The largest absolute Gasteiger partial charge is 0.325 e. The number of hydrogen-bond acceptors (Lipinski definition) is 3. The number of likely N-dealkylation sites (tertiary alicyclic amines) is 1. The van der Waals surface area contributed by atoms with Gasteiger partial charge in [0.2, 0.25) is 5.91 Å². The van der Waals surface area contributed by atoms with Crippen LogP contribution in [0.3, 0.4) is 0 Å². The van der Waals surface area contributed by atoms with E-state index in [9.17, 15) is 4.79 Å². The Morgan fingerprint density at radius 1 is 1.22 bits per heavy atom. The number of rotatable bonds is 1. The lowest BCUT2D eigenvalue weighted by Crippen LogP contribution is -2.48. The summed E-state index contributed by atoms with van der Waals surface area (Å²) in [6, 6.07) is 2.08. The van der Waals surface area contributed by atoms with Gasteiger partial charge in [0.15, 0.2) is 0 Å². The first kappa shape index (κ1) is 12.0. The van der Waals surface area contributed by atoms with Gasteiger partial charge in [0.1, 0.15) is 6.04 Å². The van der Waals surface area contributed by atoms with Crippen molar-refractivity contribution in [3.05, 3.63) is 0 Å². The van der Waals surface area contributed by atoms with Gasteiger partial charge in [-0.05, 0) is 44.1 Å². The maximum atomic E-state index is 12.6. The summed E-state index contributed by atoms with van der Waals surface area (Å²) >= 11 is 0. The number of nitriles is 1. The molecule has 3 rings (SSSR count). The highest BCUT2D eigenvalue weighted by molar-refractivity contribution is 5.83. The van der Waals surface area contributed by atoms with Crippen LogP contribution in [0.2, 0.25) is 0 Å². The Hall–Kier alpha value is -1.08. The molecule has 0 radical (unpaired) electrons. The molecule has 2 saturated heterocycles. The van der Waals surface area contributed by atoms with E-state index in [4.69, 9.17) is 5.26 Å². The van der Waals surface area contributed by atoms with Gasteiger partial charge in [0.25, 0.3) is 0 Å². The number of hydrogen-bond donors (Lipinski definition) is 1. The summed E-state index contributed by atoms with van der Waals surface area (Å²) < 4.78 is 0. The van der Waals surface area contributed by atoms with Crippen molar-refractivity contribution in [2.75, 3.05) is 13.1 Å². The highest BCUT2D eigenvalue weighted by Gasteiger charge is 2.44. The van der Waals surface area contributed by atoms with Crippen molar-refractivity contribution in [2.45, 2.75) is 50.6 Å². The molecule has 0 aromatic carbocycles. The standard InChI is InChI=1S/C14H21N3O/c15-8-11-5-3-7-17(11)14(18)13-12-6-2-1-4-10(12)9-16-13/h10-13,16H,1-7,9H2/t10?,11-,12?,13-/m0/s1. The Labute approximate surface area is 108 Å². The van der Waals surface area contributed by atoms with Crippen LogP contribution in [0.1, 0.15) is 38.5 Å². The molecule has 1 N–H and O–H groups in total. The summed E-state index contributed by atoms with van der Waals surface area (Å²) in [5, 5.41) is 12.5. The molecule has 2 aliphatic heterocycles. The summed E-state index contributed by atoms with van der Waals surface area (Å²) in [7, 11) is 0. The second kappa shape index (κ2) is 4.89. The van der Waals surface area contributed by atoms with Crippen LogP contribution in [0.25, 0.3) is 0 Å². The minimum atomic E-state index is -0.179. The average Bonchev–Trinajstić information content (AvgIpc) is 3.04. The second-order valence-electron chi connectivity index (χ2n) is 5.91. The molecule has 3 fully saturated rings. The van der Waals surface area contributed by atoms with Crippen LogP contribution in [-0.2, 0) is 4.79 Å². The predicted molar refractivity (Wildman–Crippen MR) is 67.6 cm³/mol. The molecule has 1 aliphatic carbocycles. The highest BCUT2D eigenvalue weighted by Crippen LogP contribution is 2.37. The smallest absolute Gasteiger partial charge is 0.241 e. The van der Waals surface area contributed by atoms with Gasteiger partial charge in [-0.1, -0.05) is 12.8 Å². The summed E-state index contributed by atoms with van der Waals surface area (Å²) in [6.45, 7) is 1.76. The third-order valence-electron chi connectivity index (χ3n) is 4.95. The van der Waals surface area contributed by atoms with Crippen molar-refractivity contribution < 1.29 is 4.79 Å². The molecule has 1 saturated carbocycles. The number of carbonyl (C=O) groups excluding carboxylic acids is 1. The first-order valence-electron chi connectivity index (χ1n) is 7.25. The van der Waals surface area contributed by atoms with Crippen LogP contribution in [0.5, 0.6) is 0 Å². The summed E-state index contributed by atoms with van der Waals surface area (Å²) in [6.07, 6.45) is 6.85. The van der Waals surface area contributed by atoms with E-state index in [-0.39, 0.29) is 18.0 Å². The third-order valence-corrected chi connectivity index (χ3v) is 4.95. The molecule has 0 aromatic heterocycles. The first-order valence-corrected chi connectivity index (χ1v) is 7.25. The van der Waals surface area contributed by atoms with Crippen LogP contribution in [0.15, 0.2) is 0 Å². The predicted octanol–water partition coefficient (Wildman–Crippen LogP) is 1.28. The lowest BCUT2D eigenvalue weighted by Gasteiger charge is -2.30. The molecule has 18 heavy (non-hydrogen) atoms. The molecule has 98 valence electrons. The lowest BCUT2D eigenvalue weighted by atomic mass is 9.78. The number of amides is 1. The van der Waals surface area contributed by atoms with Crippen molar-refractivity contribution in [3.8, 4) is 6.07 Å². The summed E-state index contributed by atoms with van der Waals surface area (Å²) in [5.41, 5.74) is 0. The zero-order valence-electron chi connectivity index (χ0n) is 10.8. The molecule has 4 atom stereocenters. The molecule has 0 bridgehead atoms. The van der Waals surface area contributed by atoms with E-state index in [1.54, 1.807) is 0 Å². The van der Waals surface area contributed by atoms with Gasteiger partial charge in [0, 0.05) is 6.54 Å². The Bertz CT molecular complexity index is 376. The van der Waals surface area contributed by atoms with E-state index in [0.29, 0.717) is 11.8 Å². The van der Waals surface area contributed by atoms with Crippen molar-refractivity contribution in [2.24, 2.45) is 11.8 Å². The normalized spacial score (nSPS) is 39.4. The van der Waals surface area contributed by atoms with E-state index in [1.165, 1.54) is 25.7 Å². The lowest BCUT2D eigenvalue weighted by molar-refractivity contribution is -0.134. The minimum absolute atomic E-state index is 0.00995. The van der Waals surface area contributed by atoms with Gasteiger partial charge in [0.05, 0.1) is 12.1 Å². The Morgan fingerprint density at radius 3 is 2.89 bits per heavy atom. The molecule has 1 amide bonds. The van der Waals surface area contributed by atoms with E-state index in [2.05, 4.69) is 11.4 Å². The highest BCUT2D eigenvalue weighted by atomic mass is 16.2. The van der Waals surface area contributed by atoms with Gasteiger partial charge < -0.3 is 10.2 Å². The number of nitrogens with one attached hydrogen (secondary N) is 1. The van der Waals surface area contributed by atoms with Crippen molar-refractivity contribution in [3.63, 3.8) is 0 Å². The maximum absolute atomic E-state index is 12.6. The molecular weight excluding hydrogens is 226 g/mol. The Balaban J connectivity index is 1.71. The molecule has 4 heteroatoms. The number of nitrogens with zero attached hydrogens (tertiary/aromatic N) is 2. The van der Waals surface area contributed by atoms with Gasteiger partial charge in [-0.3, -0.25) is 4.79 Å². The van der Waals surface area contributed by atoms with E-state index >= 15 is 0 Å². The van der Waals surface area contributed by atoms with Crippen molar-refractivity contribution in [1.29, 1.82) is 5.26 Å². The molecule has 4 nitrogen and oxygen atoms in total. The third kappa shape index (κ3) is 1.91. The fourth-order valence-electron chi connectivity index (χ4n) is 3.97. The van der Waals surface area contributed by atoms with Crippen LogP contribution in [-0.4, -0.2) is 36.0 Å². The van der Waals surface area contributed by atoms with Crippen LogP contribution >= 0.6 is 0 Å². The quantitative estimate of drug-likeness (QED) is 0.759. The molecule has 0 spiro atoms. The van der Waals surface area contributed by atoms with E-state index < -0.39 is 0 Å². The SMILES string of the molecule is N#C[C@@H]1CCCN1C(=O)[C@H]1NCC2CCCCC21. The topological polar surface area (TPSA) is 56.1 Å². The molecule has 0 aromatic rings. The summed E-state index contributed by atoms with van der Waals surface area (Å²) in [4.78, 5) is 14.4. The van der Waals surface area contributed by atoms with Crippen molar-refractivity contribution >= 4 is 5.91 Å². The van der Waals surface area contributed by atoms with Gasteiger partial charge in [-0.15, -0.1) is 0 Å². The first-order chi connectivity index (χ1) is 8.81. The Morgan fingerprint density at radius 2 is 2.06 bits per heavy atom. The minimum Gasteiger partial charge on any atom is -0.325 e. The fraction of sp³-hybridized carbons (Fsp3) is 0.857. The Kier molecular flexibility index (Phi) is 3.25. The molecule has 2 heterocycles. The average molecular weight is 247 g/mol. The monoisotopic (exact) mass is 247 g/mol. The van der Waals surface area contributed by atoms with Crippen LogP contribution < -0.4 is 5.32 Å². The summed E-state index contributed by atoms with van der Waals surface area (Å²) in [5.74, 6) is 1.40. The molecular formula is C14H21N3O. The zero-order chi connectivity index (χ0) is 12.5. The maximum Gasteiger partial charge on any atom is 0.241 e. The fourth-order valence-corrected chi connectivity index (χ4v) is 3.97. The number of fused-ring (bicyclic) bond motifs is 1. The van der Waals surface area contributed by atoms with Crippen molar-refractivity contribution in [1.82, 2.24) is 10.2 Å². The zero-order valence-corrected chi connectivity index (χ0v) is 10.8. The van der Waals surface area contributed by atoms with E-state index in [0.717, 1.165) is 25.9 Å². The van der Waals surface area contributed by atoms with Gasteiger partial charge in [-0.2, -0.15) is 5.26 Å². The van der Waals surface area contributed by atoms with Gasteiger partial charge >= 0.3 is 0 Å². The van der Waals surface area contributed by atoms with Crippen LogP contribution in [0.4, 0.5) is 0 Å². The molecule has 3 aliphatic rings. The molecule has 2 unspecified atom stereocenters. The number of carbonyl (C=O) groups is 1. The van der Waals surface area contributed by atoms with Crippen LogP contribution in [0, 0.1) is 23.2 Å².